The molecule has 0 bridgehead atoms. The highest BCUT2D eigenvalue weighted by Gasteiger charge is 2.16. The number of hydrogen-bond acceptors (Lipinski definition) is 7. The van der Waals surface area contributed by atoms with Gasteiger partial charge in [-0.05, 0) is 48.5 Å². The fourth-order valence-corrected chi connectivity index (χ4v) is 3.60. The molecule has 29 heavy (non-hydrogen) atoms. The summed E-state index contributed by atoms with van der Waals surface area (Å²) < 4.78 is 38.2. The van der Waals surface area contributed by atoms with Crippen molar-refractivity contribution in [1.29, 1.82) is 0 Å². The van der Waals surface area contributed by atoms with Gasteiger partial charge < -0.3 is 9.26 Å². The average Bonchev–Trinajstić information content (AvgIpc) is 3.16. The molecule has 0 amide bonds. The Bertz CT molecular complexity index is 1090. The average molecular weight is 480 g/mol. The second kappa shape index (κ2) is 8.75. The van der Waals surface area contributed by atoms with Gasteiger partial charge in [-0.1, -0.05) is 34.9 Å². The molecular formula is C19H18BrN3O5S. The third-order valence-electron chi connectivity index (χ3n) is 3.82. The topological polar surface area (TPSA) is 111 Å². The van der Waals surface area contributed by atoms with E-state index in [1.54, 1.807) is 12.1 Å². The smallest absolute Gasteiger partial charge is 0.338 e. The van der Waals surface area contributed by atoms with Crippen LogP contribution >= 0.6 is 15.9 Å². The first kappa shape index (κ1) is 21.0. The van der Waals surface area contributed by atoms with Crippen molar-refractivity contribution in [2.45, 2.75) is 31.3 Å². The van der Waals surface area contributed by atoms with Gasteiger partial charge in [-0.15, -0.1) is 0 Å². The second-order valence-electron chi connectivity index (χ2n) is 6.41. The number of carbonyl (C=O) groups is 1. The van der Waals surface area contributed by atoms with E-state index in [1.807, 2.05) is 13.8 Å². The molecule has 3 rings (SSSR count). The number of nitrogens with one attached hydrogen (secondary N) is 1. The highest BCUT2D eigenvalue weighted by Crippen LogP contribution is 2.19. The summed E-state index contributed by atoms with van der Waals surface area (Å²) in [6, 6.07) is 12.2. The van der Waals surface area contributed by atoms with E-state index in [-0.39, 0.29) is 28.9 Å². The third-order valence-corrected chi connectivity index (χ3v) is 5.75. The molecule has 1 aromatic heterocycles. The summed E-state index contributed by atoms with van der Waals surface area (Å²) in [7, 11) is -3.73. The van der Waals surface area contributed by atoms with E-state index in [9.17, 15) is 13.2 Å². The van der Waals surface area contributed by atoms with Gasteiger partial charge in [0.05, 0.1) is 10.5 Å². The van der Waals surface area contributed by atoms with Crippen LogP contribution in [0.25, 0.3) is 0 Å². The number of anilines is 1. The summed E-state index contributed by atoms with van der Waals surface area (Å²) in [5.41, 5.74) is 0.586. The van der Waals surface area contributed by atoms with Crippen LogP contribution in [0.1, 0.15) is 41.8 Å². The molecule has 0 unspecified atom stereocenters. The molecule has 0 radical (unpaired) electrons. The molecule has 2 aromatic carbocycles. The van der Waals surface area contributed by atoms with Gasteiger partial charge >= 0.3 is 5.97 Å². The SMILES string of the molecule is CC(C)c1noc(COC(=O)c2ccc(NS(=O)(=O)c3ccc(Br)cc3)cc2)n1. The van der Waals surface area contributed by atoms with Gasteiger partial charge in [-0.2, -0.15) is 4.98 Å². The van der Waals surface area contributed by atoms with Crippen molar-refractivity contribution in [2.75, 3.05) is 4.72 Å². The van der Waals surface area contributed by atoms with Crippen LogP contribution in [0.2, 0.25) is 0 Å². The molecule has 1 N–H and O–H groups in total. The number of rotatable bonds is 7. The number of benzene rings is 2. The van der Waals surface area contributed by atoms with Crippen LogP contribution in [-0.2, 0) is 21.4 Å². The molecule has 8 nitrogen and oxygen atoms in total. The molecule has 152 valence electrons. The first-order valence-electron chi connectivity index (χ1n) is 8.62. The summed E-state index contributed by atoms with van der Waals surface area (Å²) >= 11 is 3.26. The van der Waals surface area contributed by atoms with Crippen molar-refractivity contribution >= 4 is 37.6 Å². The molecule has 0 fully saturated rings. The van der Waals surface area contributed by atoms with E-state index in [0.717, 1.165) is 4.47 Å². The third kappa shape index (κ3) is 5.42. The van der Waals surface area contributed by atoms with Crippen molar-refractivity contribution in [3.8, 4) is 0 Å². The lowest BCUT2D eigenvalue weighted by atomic mass is 10.2. The van der Waals surface area contributed by atoms with Gasteiger partial charge in [0.2, 0.25) is 0 Å². The number of esters is 1. The van der Waals surface area contributed by atoms with Gasteiger partial charge in [0, 0.05) is 16.1 Å². The van der Waals surface area contributed by atoms with Crippen LogP contribution in [0.3, 0.4) is 0 Å². The number of hydrogen-bond donors (Lipinski definition) is 1. The Hall–Kier alpha value is -2.72. The largest absolute Gasteiger partial charge is 0.452 e. The number of ether oxygens (including phenoxy) is 1. The van der Waals surface area contributed by atoms with Gasteiger partial charge in [0.15, 0.2) is 12.4 Å². The van der Waals surface area contributed by atoms with E-state index in [4.69, 9.17) is 9.26 Å². The predicted molar refractivity (Wildman–Crippen MR) is 109 cm³/mol. The second-order valence-corrected chi connectivity index (χ2v) is 9.01. The minimum absolute atomic E-state index is 0.108. The van der Waals surface area contributed by atoms with Gasteiger partial charge in [0.1, 0.15) is 0 Å². The highest BCUT2D eigenvalue weighted by molar-refractivity contribution is 9.10. The van der Waals surface area contributed by atoms with Crippen LogP contribution in [0.5, 0.6) is 0 Å². The molecule has 0 aliphatic carbocycles. The van der Waals surface area contributed by atoms with Crippen molar-refractivity contribution in [2.24, 2.45) is 0 Å². The number of carbonyl (C=O) groups excluding carboxylic acids is 1. The quantitative estimate of drug-likeness (QED) is 0.507. The zero-order valence-corrected chi connectivity index (χ0v) is 18.0. The van der Waals surface area contributed by atoms with Crippen molar-refractivity contribution in [3.63, 3.8) is 0 Å². The molecule has 0 spiro atoms. The van der Waals surface area contributed by atoms with E-state index >= 15 is 0 Å². The van der Waals surface area contributed by atoms with Gasteiger partial charge in [0.25, 0.3) is 15.9 Å². The first-order valence-corrected chi connectivity index (χ1v) is 10.9. The lowest BCUT2D eigenvalue weighted by molar-refractivity contribution is 0.0430. The van der Waals surface area contributed by atoms with Crippen LogP contribution in [0.15, 0.2) is 62.4 Å². The van der Waals surface area contributed by atoms with Crippen LogP contribution in [0, 0.1) is 0 Å². The Labute approximate surface area is 176 Å². The minimum atomic E-state index is -3.73. The maximum Gasteiger partial charge on any atom is 0.338 e. The predicted octanol–water partition coefficient (Wildman–Crippen LogP) is 4.11. The fourth-order valence-electron chi connectivity index (χ4n) is 2.27. The van der Waals surface area contributed by atoms with E-state index in [2.05, 4.69) is 30.8 Å². The normalized spacial score (nSPS) is 11.4. The van der Waals surface area contributed by atoms with E-state index < -0.39 is 16.0 Å². The van der Waals surface area contributed by atoms with Crippen LogP contribution < -0.4 is 4.72 Å². The monoisotopic (exact) mass is 479 g/mol. The van der Waals surface area contributed by atoms with Crippen LogP contribution in [-0.4, -0.2) is 24.5 Å². The Morgan fingerprint density at radius 2 is 1.79 bits per heavy atom. The lowest BCUT2D eigenvalue weighted by Gasteiger charge is -2.09. The van der Waals surface area contributed by atoms with E-state index in [1.165, 1.54) is 36.4 Å². The molecule has 0 saturated heterocycles. The Balaban J connectivity index is 1.61. The summed E-state index contributed by atoms with van der Waals surface area (Å²) in [5, 5.41) is 3.80. The molecule has 0 atom stereocenters. The number of halogens is 1. The standard InChI is InChI=1S/C19H18BrN3O5S/c1-12(2)18-21-17(28-22-18)11-27-19(24)13-3-7-15(8-4-13)23-29(25,26)16-9-5-14(20)6-10-16/h3-10,12,23H,11H2,1-2H3. The number of nitrogens with zero attached hydrogens (tertiary/aromatic N) is 2. The number of aromatic nitrogens is 2. The van der Waals surface area contributed by atoms with Crippen molar-refractivity contribution in [1.82, 2.24) is 10.1 Å². The van der Waals surface area contributed by atoms with Gasteiger partial charge in [-0.3, -0.25) is 4.72 Å². The van der Waals surface area contributed by atoms with E-state index in [0.29, 0.717) is 11.5 Å². The first-order chi connectivity index (χ1) is 13.7. The van der Waals surface area contributed by atoms with Crippen molar-refractivity contribution in [3.05, 3.63) is 70.3 Å². The zero-order valence-electron chi connectivity index (χ0n) is 15.6. The Kier molecular flexibility index (Phi) is 6.33. The zero-order chi connectivity index (χ0) is 21.0. The Morgan fingerprint density at radius 3 is 2.38 bits per heavy atom. The summed E-state index contributed by atoms with van der Waals surface area (Å²) in [6.45, 7) is 3.71. The maximum atomic E-state index is 12.4. The maximum absolute atomic E-state index is 12.4. The fraction of sp³-hybridized carbons (Fsp3) is 0.211. The molecular weight excluding hydrogens is 462 g/mol. The molecule has 0 aliphatic heterocycles. The molecule has 0 saturated carbocycles. The summed E-state index contributed by atoms with van der Waals surface area (Å²) in [6.07, 6.45) is 0. The highest BCUT2D eigenvalue weighted by atomic mass is 79.9. The van der Waals surface area contributed by atoms with Gasteiger partial charge in [-0.25, -0.2) is 13.2 Å². The van der Waals surface area contributed by atoms with Crippen molar-refractivity contribution < 1.29 is 22.5 Å². The minimum Gasteiger partial charge on any atom is -0.452 e. The molecule has 0 aliphatic rings. The summed E-state index contributed by atoms with van der Waals surface area (Å²) in [4.78, 5) is 16.4. The molecule has 10 heteroatoms. The Morgan fingerprint density at radius 1 is 1.14 bits per heavy atom. The van der Waals surface area contributed by atoms with Crippen LogP contribution in [0.4, 0.5) is 5.69 Å². The lowest BCUT2D eigenvalue weighted by Crippen LogP contribution is -2.13. The number of sulfonamides is 1. The molecule has 3 aromatic rings. The molecule has 1 heterocycles. The summed E-state index contributed by atoms with van der Waals surface area (Å²) in [5.74, 6) is 0.271.